The summed E-state index contributed by atoms with van der Waals surface area (Å²) in [4.78, 5) is 11.9. The molecule has 2 amide bonds. The lowest BCUT2D eigenvalue weighted by atomic mass is 10.1. The Morgan fingerprint density at radius 1 is 1.08 bits per heavy atom. The molecule has 0 saturated carbocycles. The second kappa shape index (κ2) is 8.10. The van der Waals surface area contributed by atoms with Crippen LogP contribution in [0.2, 0.25) is 0 Å². The van der Waals surface area contributed by atoms with Crippen molar-refractivity contribution in [1.29, 1.82) is 0 Å². The zero-order chi connectivity index (χ0) is 17.5. The van der Waals surface area contributed by atoms with Crippen LogP contribution in [0.1, 0.15) is 11.1 Å². The number of methoxy groups -OCH3 is 2. The Hall–Kier alpha value is -2.89. The first-order valence-electron chi connectivity index (χ1n) is 7.59. The summed E-state index contributed by atoms with van der Waals surface area (Å²) in [6.07, 6.45) is 0.646. The van der Waals surface area contributed by atoms with Crippen molar-refractivity contribution in [3.05, 3.63) is 47.5 Å². The van der Waals surface area contributed by atoms with Crippen LogP contribution in [0.15, 0.2) is 36.4 Å². The van der Waals surface area contributed by atoms with Crippen LogP contribution >= 0.6 is 0 Å². The minimum Gasteiger partial charge on any atom is -0.506 e. The molecule has 128 valence electrons. The molecule has 0 saturated heterocycles. The molecule has 3 N–H and O–H groups in total. The summed E-state index contributed by atoms with van der Waals surface area (Å²) < 4.78 is 10.4. The van der Waals surface area contributed by atoms with Crippen LogP contribution in [-0.2, 0) is 6.42 Å². The van der Waals surface area contributed by atoms with Gasteiger partial charge in [-0.25, -0.2) is 4.79 Å². The number of hydrogen-bond donors (Lipinski definition) is 3. The molecule has 6 heteroatoms. The van der Waals surface area contributed by atoms with Crippen molar-refractivity contribution in [3.63, 3.8) is 0 Å². The summed E-state index contributed by atoms with van der Waals surface area (Å²) in [6, 6.07) is 10.3. The second-order valence-electron chi connectivity index (χ2n) is 5.34. The Bertz CT molecular complexity index is 716. The van der Waals surface area contributed by atoms with Crippen molar-refractivity contribution < 1.29 is 19.4 Å². The number of amides is 2. The van der Waals surface area contributed by atoms with Crippen LogP contribution in [0.5, 0.6) is 17.2 Å². The van der Waals surface area contributed by atoms with Gasteiger partial charge in [-0.3, -0.25) is 0 Å². The minimum atomic E-state index is -0.366. The van der Waals surface area contributed by atoms with Gasteiger partial charge in [-0.1, -0.05) is 12.1 Å². The van der Waals surface area contributed by atoms with E-state index in [1.54, 1.807) is 26.4 Å². The molecule has 0 heterocycles. The minimum absolute atomic E-state index is 0.0463. The summed E-state index contributed by atoms with van der Waals surface area (Å²) in [6.45, 7) is 2.32. The van der Waals surface area contributed by atoms with Gasteiger partial charge in [0.1, 0.15) is 5.75 Å². The van der Waals surface area contributed by atoms with Gasteiger partial charge >= 0.3 is 6.03 Å². The standard InChI is InChI=1S/C18H22N2O4/c1-12-4-6-14(15(21)10-12)20-18(22)19-9-8-13-5-7-16(23-2)17(11-13)24-3/h4-7,10-11,21H,8-9H2,1-3H3,(H2,19,20,22). The largest absolute Gasteiger partial charge is 0.506 e. The molecule has 2 rings (SSSR count). The van der Waals surface area contributed by atoms with Gasteiger partial charge in [0.2, 0.25) is 0 Å². The van der Waals surface area contributed by atoms with Gasteiger partial charge in [0.25, 0.3) is 0 Å². The average Bonchev–Trinajstić information content (AvgIpc) is 2.57. The number of nitrogens with one attached hydrogen (secondary N) is 2. The Labute approximate surface area is 141 Å². The lowest BCUT2D eigenvalue weighted by Gasteiger charge is -2.11. The van der Waals surface area contributed by atoms with Crippen LogP contribution in [0.4, 0.5) is 10.5 Å². The van der Waals surface area contributed by atoms with E-state index in [0.717, 1.165) is 11.1 Å². The van der Waals surface area contributed by atoms with Crippen molar-refractivity contribution in [2.24, 2.45) is 0 Å². The molecule has 0 unspecified atom stereocenters. The van der Waals surface area contributed by atoms with E-state index in [1.165, 1.54) is 0 Å². The second-order valence-corrected chi connectivity index (χ2v) is 5.34. The first kappa shape index (κ1) is 17.5. The molecule has 2 aromatic rings. The monoisotopic (exact) mass is 330 g/mol. The highest BCUT2D eigenvalue weighted by Gasteiger charge is 2.07. The van der Waals surface area contributed by atoms with Crippen LogP contribution in [0.3, 0.4) is 0 Å². The zero-order valence-electron chi connectivity index (χ0n) is 14.1. The summed E-state index contributed by atoms with van der Waals surface area (Å²) in [7, 11) is 3.17. The number of aryl methyl sites for hydroxylation is 1. The van der Waals surface area contributed by atoms with E-state index >= 15 is 0 Å². The Kier molecular flexibility index (Phi) is 5.89. The maximum Gasteiger partial charge on any atom is 0.319 e. The van der Waals surface area contributed by atoms with Crippen molar-refractivity contribution in [2.45, 2.75) is 13.3 Å². The number of ether oxygens (including phenoxy) is 2. The first-order valence-corrected chi connectivity index (χ1v) is 7.59. The molecule has 2 aromatic carbocycles. The van der Waals surface area contributed by atoms with E-state index in [2.05, 4.69) is 10.6 Å². The fourth-order valence-electron chi connectivity index (χ4n) is 2.27. The molecule has 6 nitrogen and oxygen atoms in total. The number of carbonyl (C=O) groups is 1. The number of aromatic hydroxyl groups is 1. The van der Waals surface area contributed by atoms with E-state index in [1.807, 2.05) is 31.2 Å². The molecule has 0 radical (unpaired) electrons. The van der Waals surface area contributed by atoms with Crippen LogP contribution in [0.25, 0.3) is 0 Å². The predicted molar refractivity (Wildman–Crippen MR) is 93.1 cm³/mol. The molecule has 0 aliphatic rings. The van der Waals surface area contributed by atoms with Crippen molar-refractivity contribution in [3.8, 4) is 17.2 Å². The lowest BCUT2D eigenvalue weighted by molar-refractivity contribution is 0.252. The van der Waals surface area contributed by atoms with Gasteiger partial charge in [0, 0.05) is 6.54 Å². The maximum absolute atomic E-state index is 11.9. The number of benzene rings is 2. The summed E-state index contributed by atoms with van der Waals surface area (Å²) in [5.74, 6) is 1.37. The number of urea groups is 1. The van der Waals surface area contributed by atoms with Crippen LogP contribution < -0.4 is 20.1 Å². The van der Waals surface area contributed by atoms with E-state index in [0.29, 0.717) is 30.2 Å². The highest BCUT2D eigenvalue weighted by molar-refractivity contribution is 5.90. The van der Waals surface area contributed by atoms with Crippen molar-refractivity contribution in [2.75, 3.05) is 26.1 Å². The zero-order valence-corrected chi connectivity index (χ0v) is 14.1. The highest BCUT2D eigenvalue weighted by Crippen LogP contribution is 2.27. The van der Waals surface area contributed by atoms with Gasteiger partial charge in [-0.05, 0) is 48.7 Å². The fraction of sp³-hybridized carbons (Fsp3) is 0.278. The summed E-state index contributed by atoms with van der Waals surface area (Å²) in [5.41, 5.74) is 2.32. The molecule has 0 aromatic heterocycles. The third-order valence-corrected chi connectivity index (χ3v) is 3.55. The lowest BCUT2D eigenvalue weighted by Crippen LogP contribution is -2.30. The van der Waals surface area contributed by atoms with Crippen molar-refractivity contribution >= 4 is 11.7 Å². The summed E-state index contributed by atoms with van der Waals surface area (Å²) in [5, 5.41) is 15.2. The molecule has 0 atom stereocenters. The van der Waals surface area contributed by atoms with Gasteiger partial charge < -0.3 is 25.2 Å². The molecule has 0 spiro atoms. The molecule has 24 heavy (non-hydrogen) atoms. The van der Waals surface area contributed by atoms with E-state index in [-0.39, 0.29) is 11.8 Å². The molecule has 0 aliphatic carbocycles. The smallest absolute Gasteiger partial charge is 0.319 e. The van der Waals surface area contributed by atoms with Gasteiger partial charge in [0.05, 0.1) is 19.9 Å². The molecular formula is C18H22N2O4. The van der Waals surface area contributed by atoms with Crippen molar-refractivity contribution in [1.82, 2.24) is 5.32 Å². The number of hydrogen-bond acceptors (Lipinski definition) is 4. The molecule has 0 aliphatic heterocycles. The van der Waals surface area contributed by atoms with Gasteiger partial charge in [-0.15, -0.1) is 0 Å². The summed E-state index contributed by atoms with van der Waals surface area (Å²) >= 11 is 0. The molecule has 0 bridgehead atoms. The van der Waals surface area contributed by atoms with E-state index in [9.17, 15) is 9.90 Å². The topological polar surface area (TPSA) is 79.8 Å². The SMILES string of the molecule is COc1ccc(CCNC(=O)Nc2ccc(C)cc2O)cc1OC. The average molecular weight is 330 g/mol. The van der Waals surface area contributed by atoms with Crippen LogP contribution in [0, 0.1) is 6.92 Å². The first-order chi connectivity index (χ1) is 11.5. The number of carbonyl (C=O) groups excluding carboxylic acids is 1. The number of rotatable bonds is 6. The number of phenolic OH excluding ortho intramolecular Hbond substituents is 1. The normalized spacial score (nSPS) is 10.1. The molecular weight excluding hydrogens is 308 g/mol. The number of anilines is 1. The Morgan fingerprint density at radius 2 is 1.83 bits per heavy atom. The Morgan fingerprint density at radius 3 is 2.50 bits per heavy atom. The Balaban J connectivity index is 1.86. The molecule has 0 fully saturated rings. The van der Waals surface area contributed by atoms with E-state index < -0.39 is 0 Å². The fourth-order valence-corrected chi connectivity index (χ4v) is 2.27. The van der Waals surface area contributed by atoms with E-state index in [4.69, 9.17) is 9.47 Å². The van der Waals surface area contributed by atoms with Gasteiger partial charge in [-0.2, -0.15) is 0 Å². The number of phenols is 1. The predicted octanol–water partition coefficient (Wildman–Crippen LogP) is 3.08. The maximum atomic E-state index is 11.9. The quantitative estimate of drug-likeness (QED) is 0.711. The van der Waals surface area contributed by atoms with Crippen LogP contribution in [-0.4, -0.2) is 31.9 Å². The third-order valence-electron chi connectivity index (χ3n) is 3.55. The third kappa shape index (κ3) is 4.55. The highest BCUT2D eigenvalue weighted by atomic mass is 16.5. The van der Waals surface area contributed by atoms with Gasteiger partial charge in [0.15, 0.2) is 11.5 Å².